The van der Waals surface area contributed by atoms with Gasteiger partial charge in [0.15, 0.2) is 0 Å². The summed E-state index contributed by atoms with van der Waals surface area (Å²) >= 11 is 0. The van der Waals surface area contributed by atoms with E-state index in [1.165, 1.54) is 0 Å². The number of morpholine rings is 1. The highest BCUT2D eigenvalue weighted by atomic mass is 16.5. The summed E-state index contributed by atoms with van der Waals surface area (Å²) in [5.74, 6) is -0.148. The zero-order valence-electron chi connectivity index (χ0n) is 11.6. The Balaban J connectivity index is 2.16. The summed E-state index contributed by atoms with van der Waals surface area (Å²) in [5.41, 5.74) is 6.80. The van der Waals surface area contributed by atoms with E-state index < -0.39 is 0 Å². The molecule has 19 heavy (non-hydrogen) atoms. The molecule has 1 aliphatic heterocycles. The van der Waals surface area contributed by atoms with Gasteiger partial charge in [0.1, 0.15) is 0 Å². The van der Waals surface area contributed by atoms with Crippen LogP contribution in [0.25, 0.3) is 0 Å². The smallest absolute Gasteiger partial charge is 0.231 e. The second-order valence-electron chi connectivity index (χ2n) is 5.18. The number of benzene rings is 1. The standard InChI is InChI=1S/C15H22N2O2/c1-11-10-19-12(2)9-17(11)15(18)14(8-16)13-6-4-3-5-7-13/h3-7,11-12,14H,8-10,16H2,1-2H3. The fourth-order valence-electron chi connectivity index (χ4n) is 2.48. The van der Waals surface area contributed by atoms with Gasteiger partial charge in [-0.3, -0.25) is 4.79 Å². The van der Waals surface area contributed by atoms with Gasteiger partial charge in [0.2, 0.25) is 5.91 Å². The number of nitrogens with zero attached hydrogens (tertiary/aromatic N) is 1. The van der Waals surface area contributed by atoms with E-state index in [9.17, 15) is 4.79 Å². The molecule has 2 rings (SSSR count). The third-order valence-electron chi connectivity index (χ3n) is 3.63. The molecule has 0 aromatic heterocycles. The van der Waals surface area contributed by atoms with Crippen molar-refractivity contribution >= 4 is 5.91 Å². The molecule has 1 aromatic rings. The van der Waals surface area contributed by atoms with Crippen molar-refractivity contribution in [3.63, 3.8) is 0 Å². The van der Waals surface area contributed by atoms with Gasteiger partial charge in [-0.2, -0.15) is 0 Å². The van der Waals surface area contributed by atoms with Crippen molar-refractivity contribution in [2.75, 3.05) is 19.7 Å². The molecule has 3 atom stereocenters. The molecule has 1 fully saturated rings. The van der Waals surface area contributed by atoms with E-state index in [4.69, 9.17) is 10.5 Å². The molecule has 3 unspecified atom stereocenters. The predicted molar refractivity (Wildman–Crippen MR) is 74.8 cm³/mol. The Morgan fingerprint density at radius 2 is 2.11 bits per heavy atom. The Kier molecular flexibility index (Phi) is 4.56. The van der Waals surface area contributed by atoms with Crippen LogP contribution in [0.1, 0.15) is 25.3 Å². The number of rotatable bonds is 3. The highest BCUT2D eigenvalue weighted by molar-refractivity contribution is 5.84. The largest absolute Gasteiger partial charge is 0.375 e. The van der Waals surface area contributed by atoms with Crippen molar-refractivity contribution in [2.24, 2.45) is 5.73 Å². The Hall–Kier alpha value is -1.39. The van der Waals surface area contributed by atoms with Gasteiger partial charge < -0.3 is 15.4 Å². The van der Waals surface area contributed by atoms with E-state index >= 15 is 0 Å². The zero-order valence-corrected chi connectivity index (χ0v) is 11.6. The molecule has 1 amide bonds. The van der Waals surface area contributed by atoms with Gasteiger partial charge in [0.25, 0.3) is 0 Å². The van der Waals surface area contributed by atoms with E-state index in [0.717, 1.165) is 5.56 Å². The summed E-state index contributed by atoms with van der Waals surface area (Å²) in [5, 5.41) is 0. The predicted octanol–water partition coefficient (Wildman–Crippen LogP) is 1.36. The molecule has 1 aromatic carbocycles. The maximum absolute atomic E-state index is 12.7. The molecule has 0 saturated carbocycles. The summed E-state index contributed by atoms with van der Waals surface area (Å²) in [6, 6.07) is 9.86. The molecule has 1 heterocycles. The highest BCUT2D eigenvalue weighted by Crippen LogP contribution is 2.21. The van der Waals surface area contributed by atoms with Crippen molar-refractivity contribution in [2.45, 2.75) is 31.9 Å². The van der Waals surface area contributed by atoms with Crippen molar-refractivity contribution in [1.82, 2.24) is 4.90 Å². The maximum Gasteiger partial charge on any atom is 0.231 e. The topological polar surface area (TPSA) is 55.6 Å². The number of carbonyl (C=O) groups excluding carboxylic acids is 1. The molecular weight excluding hydrogens is 240 g/mol. The van der Waals surface area contributed by atoms with Crippen molar-refractivity contribution < 1.29 is 9.53 Å². The lowest BCUT2D eigenvalue weighted by atomic mass is 9.96. The van der Waals surface area contributed by atoms with Crippen molar-refractivity contribution in [1.29, 1.82) is 0 Å². The van der Waals surface area contributed by atoms with E-state index in [-0.39, 0.29) is 24.0 Å². The minimum absolute atomic E-state index is 0.0920. The van der Waals surface area contributed by atoms with Gasteiger partial charge >= 0.3 is 0 Å². The third-order valence-corrected chi connectivity index (χ3v) is 3.63. The Morgan fingerprint density at radius 1 is 1.42 bits per heavy atom. The SMILES string of the molecule is CC1CN(C(=O)C(CN)c2ccccc2)C(C)CO1. The first kappa shape index (κ1) is 14.0. The second-order valence-corrected chi connectivity index (χ2v) is 5.18. The molecule has 4 heteroatoms. The van der Waals surface area contributed by atoms with Gasteiger partial charge in [-0.25, -0.2) is 0 Å². The van der Waals surface area contributed by atoms with E-state index in [1.807, 2.05) is 49.1 Å². The second kappa shape index (κ2) is 6.17. The van der Waals surface area contributed by atoms with E-state index in [0.29, 0.717) is 19.7 Å². The highest BCUT2D eigenvalue weighted by Gasteiger charge is 2.32. The van der Waals surface area contributed by atoms with E-state index in [2.05, 4.69) is 0 Å². The van der Waals surface area contributed by atoms with Crippen LogP contribution in [0.3, 0.4) is 0 Å². The third kappa shape index (κ3) is 3.14. The quantitative estimate of drug-likeness (QED) is 0.895. The van der Waals surface area contributed by atoms with Crippen LogP contribution in [0.5, 0.6) is 0 Å². The van der Waals surface area contributed by atoms with Gasteiger partial charge in [-0.05, 0) is 19.4 Å². The zero-order chi connectivity index (χ0) is 13.8. The fraction of sp³-hybridized carbons (Fsp3) is 0.533. The molecule has 0 spiro atoms. The van der Waals surface area contributed by atoms with Crippen LogP contribution in [0.4, 0.5) is 0 Å². The first-order valence-electron chi connectivity index (χ1n) is 6.80. The molecule has 1 aliphatic rings. The molecule has 2 N–H and O–H groups in total. The first-order chi connectivity index (χ1) is 9.13. The minimum atomic E-state index is -0.256. The van der Waals surface area contributed by atoms with Crippen LogP contribution in [0, 0.1) is 0 Å². The molecule has 0 aliphatic carbocycles. The molecular formula is C15H22N2O2. The van der Waals surface area contributed by atoms with E-state index in [1.54, 1.807) is 0 Å². The number of hydrogen-bond acceptors (Lipinski definition) is 3. The molecule has 104 valence electrons. The van der Waals surface area contributed by atoms with Crippen LogP contribution in [-0.4, -0.2) is 42.6 Å². The fourth-order valence-corrected chi connectivity index (χ4v) is 2.48. The minimum Gasteiger partial charge on any atom is -0.375 e. The van der Waals surface area contributed by atoms with Gasteiger partial charge in [0, 0.05) is 13.1 Å². The Morgan fingerprint density at radius 3 is 2.74 bits per heavy atom. The van der Waals surface area contributed by atoms with Gasteiger partial charge in [-0.15, -0.1) is 0 Å². The molecule has 1 saturated heterocycles. The maximum atomic E-state index is 12.7. The summed E-state index contributed by atoms with van der Waals surface area (Å²) in [6.45, 7) is 5.58. The van der Waals surface area contributed by atoms with Gasteiger partial charge in [-0.1, -0.05) is 30.3 Å². The number of carbonyl (C=O) groups is 1. The van der Waals surface area contributed by atoms with Crippen LogP contribution in [0.2, 0.25) is 0 Å². The van der Waals surface area contributed by atoms with Crippen LogP contribution in [-0.2, 0) is 9.53 Å². The lowest BCUT2D eigenvalue weighted by Crippen LogP contribution is -2.52. The van der Waals surface area contributed by atoms with Crippen LogP contribution >= 0.6 is 0 Å². The lowest BCUT2D eigenvalue weighted by Gasteiger charge is -2.38. The number of hydrogen-bond donors (Lipinski definition) is 1. The average molecular weight is 262 g/mol. The molecule has 4 nitrogen and oxygen atoms in total. The summed E-state index contributed by atoms with van der Waals surface area (Å²) < 4.78 is 5.56. The Bertz CT molecular complexity index is 421. The Labute approximate surface area is 114 Å². The molecule has 0 bridgehead atoms. The van der Waals surface area contributed by atoms with Crippen molar-refractivity contribution in [3.05, 3.63) is 35.9 Å². The summed E-state index contributed by atoms with van der Waals surface area (Å²) in [7, 11) is 0. The lowest BCUT2D eigenvalue weighted by molar-refractivity contribution is -0.144. The van der Waals surface area contributed by atoms with Crippen molar-refractivity contribution in [3.8, 4) is 0 Å². The van der Waals surface area contributed by atoms with Crippen LogP contribution in [0.15, 0.2) is 30.3 Å². The summed E-state index contributed by atoms with van der Waals surface area (Å²) in [6.07, 6.45) is 0.0920. The normalized spacial score (nSPS) is 25.1. The summed E-state index contributed by atoms with van der Waals surface area (Å²) in [4.78, 5) is 14.6. The number of ether oxygens (including phenoxy) is 1. The number of nitrogens with two attached hydrogens (primary N) is 1. The van der Waals surface area contributed by atoms with Gasteiger partial charge in [0.05, 0.1) is 24.7 Å². The number of amides is 1. The molecule has 0 radical (unpaired) electrons. The van der Waals surface area contributed by atoms with Crippen LogP contribution < -0.4 is 5.73 Å². The average Bonchev–Trinajstić information content (AvgIpc) is 2.43. The first-order valence-corrected chi connectivity index (χ1v) is 6.80. The monoisotopic (exact) mass is 262 g/mol.